The maximum atomic E-state index is 13.7. The van der Waals surface area contributed by atoms with Crippen molar-refractivity contribution in [3.63, 3.8) is 0 Å². The molecule has 0 saturated carbocycles. The molecule has 150 valence electrons. The molecule has 29 heavy (non-hydrogen) atoms. The van der Waals surface area contributed by atoms with Crippen molar-refractivity contribution in [3.8, 4) is 0 Å². The normalized spacial score (nSPS) is 16.8. The molecular weight excluding hydrogens is 398 g/mol. The first-order chi connectivity index (χ1) is 14.0. The zero-order valence-corrected chi connectivity index (χ0v) is 16.3. The number of hydrogen-bond donors (Lipinski definition) is 0. The van der Waals surface area contributed by atoms with Gasteiger partial charge < -0.3 is 9.64 Å². The van der Waals surface area contributed by atoms with Crippen molar-refractivity contribution in [1.29, 1.82) is 0 Å². The van der Waals surface area contributed by atoms with Crippen LogP contribution in [0.2, 0.25) is 0 Å². The van der Waals surface area contributed by atoms with Crippen LogP contribution in [-0.4, -0.2) is 41.5 Å². The minimum Gasteiger partial charge on any atom is -0.452 e. The van der Waals surface area contributed by atoms with Crippen molar-refractivity contribution in [2.75, 3.05) is 19.7 Å². The molecule has 0 aliphatic carbocycles. The third-order valence-electron chi connectivity index (χ3n) is 4.93. The summed E-state index contributed by atoms with van der Waals surface area (Å²) in [5.41, 5.74) is 0.156. The molecule has 1 atom stereocenters. The number of nitrogens with zero attached hydrogens (tertiary/aromatic N) is 2. The van der Waals surface area contributed by atoms with E-state index in [0.717, 1.165) is 46.3 Å². The highest BCUT2D eigenvalue weighted by molar-refractivity contribution is 7.18. The molecule has 8 heteroatoms. The molecule has 0 unspecified atom stereocenters. The van der Waals surface area contributed by atoms with Gasteiger partial charge in [0.25, 0.3) is 5.91 Å². The molecule has 1 aromatic heterocycles. The van der Waals surface area contributed by atoms with Gasteiger partial charge in [0.2, 0.25) is 0 Å². The summed E-state index contributed by atoms with van der Waals surface area (Å²) in [7, 11) is 0. The number of piperidine rings is 1. The third-order valence-corrected chi connectivity index (χ3v) is 6.13. The number of carbonyl (C=O) groups is 2. The minimum absolute atomic E-state index is 0.116. The van der Waals surface area contributed by atoms with E-state index in [1.807, 2.05) is 24.3 Å². The number of halogens is 2. The zero-order chi connectivity index (χ0) is 20.4. The number of fused-ring (bicyclic) bond motifs is 1. The van der Waals surface area contributed by atoms with Crippen LogP contribution in [0.4, 0.5) is 8.78 Å². The van der Waals surface area contributed by atoms with Gasteiger partial charge in [0.15, 0.2) is 6.61 Å². The molecule has 4 rings (SSSR count). The van der Waals surface area contributed by atoms with Crippen LogP contribution >= 0.6 is 11.3 Å². The fourth-order valence-electron chi connectivity index (χ4n) is 3.45. The summed E-state index contributed by atoms with van der Waals surface area (Å²) < 4.78 is 33.3. The van der Waals surface area contributed by atoms with Crippen molar-refractivity contribution >= 4 is 33.4 Å². The number of benzene rings is 2. The number of hydrogen-bond acceptors (Lipinski definition) is 5. The number of rotatable bonds is 4. The van der Waals surface area contributed by atoms with E-state index >= 15 is 0 Å². The molecule has 2 heterocycles. The Morgan fingerprint density at radius 1 is 1.14 bits per heavy atom. The van der Waals surface area contributed by atoms with E-state index in [9.17, 15) is 18.4 Å². The maximum Gasteiger partial charge on any atom is 0.344 e. The van der Waals surface area contributed by atoms with Crippen LogP contribution in [0.1, 0.15) is 34.1 Å². The van der Waals surface area contributed by atoms with Crippen molar-refractivity contribution < 1.29 is 23.1 Å². The predicted molar refractivity (Wildman–Crippen MR) is 105 cm³/mol. The van der Waals surface area contributed by atoms with Crippen molar-refractivity contribution in [3.05, 3.63) is 64.7 Å². The Balaban J connectivity index is 1.39. The highest BCUT2D eigenvalue weighted by Crippen LogP contribution is 2.33. The Kier molecular flexibility index (Phi) is 5.53. The largest absolute Gasteiger partial charge is 0.452 e. The Morgan fingerprint density at radius 2 is 1.90 bits per heavy atom. The Hall–Kier alpha value is -2.87. The number of carbonyl (C=O) groups excluding carboxylic acids is 2. The molecule has 1 fully saturated rings. The van der Waals surface area contributed by atoms with E-state index in [2.05, 4.69) is 4.98 Å². The summed E-state index contributed by atoms with van der Waals surface area (Å²) in [5, 5.41) is 0.981. The maximum absolute atomic E-state index is 13.7. The Labute approximate surface area is 169 Å². The first kappa shape index (κ1) is 19.4. The van der Waals surface area contributed by atoms with E-state index < -0.39 is 29.8 Å². The average molecular weight is 416 g/mol. The van der Waals surface area contributed by atoms with E-state index in [0.29, 0.717) is 13.1 Å². The van der Waals surface area contributed by atoms with Crippen LogP contribution in [0, 0.1) is 11.6 Å². The van der Waals surface area contributed by atoms with Crippen LogP contribution < -0.4 is 0 Å². The van der Waals surface area contributed by atoms with Gasteiger partial charge in [0, 0.05) is 19.0 Å². The number of ether oxygens (including phenoxy) is 1. The molecule has 3 aromatic rings. The van der Waals surface area contributed by atoms with Crippen LogP contribution in [0.3, 0.4) is 0 Å². The number of thiazole rings is 1. The summed E-state index contributed by atoms with van der Waals surface area (Å²) >= 11 is 1.62. The lowest BCUT2D eigenvalue weighted by Crippen LogP contribution is -2.41. The van der Waals surface area contributed by atoms with Gasteiger partial charge in [0.1, 0.15) is 17.2 Å². The van der Waals surface area contributed by atoms with E-state index in [4.69, 9.17) is 4.74 Å². The summed E-state index contributed by atoms with van der Waals surface area (Å²) in [6.45, 7) is 0.468. The van der Waals surface area contributed by atoms with Gasteiger partial charge in [0.05, 0.1) is 15.2 Å². The van der Waals surface area contributed by atoms with Crippen LogP contribution in [0.15, 0.2) is 42.5 Å². The lowest BCUT2D eigenvalue weighted by molar-refractivity contribution is -0.135. The second kappa shape index (κ2) is 8.24. The third kappa shape index (κ3) is 4.12. The zero-order valence-electron chi connectivity index (χ0n) is 15.4. The molecule has 0 radical (unpaired) electrons. The Bertz CT molecular complexity index is 1020. The summed E-state index contributed by atoms with van der Waals surface area (Å²) in [5.74, 6) is -3.49. The van der Waals surface area contributed by atoms with Gasteiger partial charge in [-0.05, 0) is 37.1 Å². The van der Waals surface area contributed by atoms with Gasteiger partial charge in [-0.25, -0.2) is 18.6 Å². The van der Waals surface area contributed by atoms with Crippen molar-refractivity contribution in [2.24, 2.45) is 0 Å². The second-order valence-corrected chi connectivity index (χ2v) is 7.93. The number of likely N-dealkylation sites (tertiary alicyclic amines) is 1. The fraction of sp³-hybridized carbons (Fsp3) is 0.286. The minimum atomic E-state index is -1.19. The van der Waals surface area contributed by atoms with Crippen molar-refractivity contribution in [2.45, 2.75) is 18.8 Å². The second-order valence-electron chi connectivity index (χ2n) is 6.87. The highest BCUT2D eigenvalue weighted by atomic mass is 32.1. The lowest BCUT2D eigenvalue weighted by Gasteiger charge is -2.31. The molecule has 1 amide bonds. The first-order valence-electron chi connectivity index (χ1n) is 9.27. The van der Waals surface area contributed by atoms with E-state index in [1.165, 1.54) is 0 Å². The van der Waals surface area contributed by atoms with E-state index in [-0.39, 0.29) is 11.8 Å². The summed E-state index contributed by atoms with van der Waals surface area (Å²) in [6, 6.07) is 11.0. The number of para-hydroxylation sites is 1. The molecule has 2 aromatic carbocycles. The molecule has 0 spiro atoms. The molecular formula is C21H18F2N2O3S. The SMILES string of the molecule is O=C(OCC(=O)N1CCC[C@@H](c2nc3ccccc3s2)C1)c1c(F)cccc1F. The molecule has 0 N–H and O–H groups in total. The van der Waals surface area contributed by atoms with Gasteiger partial charge in [-0.2, -0.15) is 0 Å². The molecule has 5 nitrogen and oxygen atoms in total. The van der Waals surface area contributed by atoms with E-state index in [1.54, 1.807) is 16.2 Å². The molecule has 1 aliphatic rings. The van der Waals surface area contributed by atoms with Gasteiger partial charge in [-0.3, -0.25) is 4.79 Å². The predicted octanol–water partition coefficient (Wildman–Crippen LogP) is 4.14. The summed E-state index contributed by atoms with van der Waals surface area (Å²) in [4.78, 5) is 30.8. The first-order valence-corrected chi connectivity index (χ1v) is 10.1. The number of amides is 1. The standard InChI is InChI=1S/C21H18F2N2O3S/c22-14-6-3-7-15(23)19(14)21(27)28-12-18(26)25-10-4-5-13(11-25)20-24-16-8-1-2-9-17(16)29-20/h1-3,6-9,13H,4-5,10-12H2/t13-/m1/s1. The lowest BCUT2D eigenvalue weighted by atomic mass is 9.99. The summed E-state index contributed by atoms with van der Waals surface area (Å²) in [6.07, 6.45) is 1.73. The molecule has 0 bridgehead atoms. The molecule has 1 aliphatic heterocycles. The Morgan fingerprint density at radius 3 is 2.66 bits per heavy atom. The highest BCUT2D eigenvalue weighted by Gasteiger charge is 2.28. The van der Waals surface area contributed by atoms with Gasteiger partial charge in [-0.1, -0.05) is 18.2 Å². The van der Waals surface area contributed by atoms with Gasteiger partial charge in [-0.15, -0.1) is 11.3 Å². The average Bonchev–Trinajstić information content (AvgIpc) is 3.16. The quantitative estimate of drug-likeness (QED) is 0.600. The smallest absolute Gasteiger partial charge is 0.344 e. The number of aromatic nitrogens is 1. The fourth-order valence-corrected chi connectivity index (χ4v) is 4.55. The number of esters is 1. The van der Waals surface area contributed by atoms with Crippen molar-refractivity contribution in [1.82, 2.24) is 9.88 Å². The van der Waals surface area contributed by atoms with Gasteiger partial charge >= 0.3 is 5.97 Å². The molecule has 1 saturated heterocycles. The monoisotopic (exact) mass is 416 g/mol. The topological polar surface area (TPSA) is 59.5 Å². The van der Waals surface area contributed by atoms with Crippen LogP contribution in [0.25, 0.3) is 10.2 Å². The van der Waals surface area contributed by atoms with Crippen LogP contribution in [0.5, 0.6) is 0 Å². The van der Waals surface area contributed by atoms with Crippen LogP contribution in [-0.2, 0) is 9.53 Å².